The van der Waals surface area contributed by atoms with Crippen molar-refractivity contribution in [1.82, 2.24) is 0 Å². The fourth-order valence-corrected chi connectivity index (χ4v) is 2.73. The van der Waals surface area contributed by atoms with Crippen LogP contribution in [0, 0.1) is 5.82 Å². The van der Waals surface area contributed by atoms with E-state index in [0.29, 0.717) is 5.69 Å². The average Bonchev–Trinajstić information content (AvgIpc) is 2.93. The zero-order valence-corrected chi connectivity index (χ0v) is 11.7. The Bertz CT molecular complexity index is 610. The topological polar surface area (TPSA) is 15.3 Å². The Kier molecular flexibility index (Phi) is 3.59. The Balaban J connectivity index is 1.83. The predicted octanol–water partition coefficient (Wildman–Crippen LogP) is 3.82. The van der Waals surface area contributed by atoms with Gasteiger partial charge in [-0.15, -0.1) is 0 Å². The minimum absolute atomic E-state index is 0.159. The van der Waals surface area contributed by atoms with E-state index in [1.807, 2.05) is 12.1 Å². The summed E-state index contributed by atoms with van der Waals surface area (Å²) in [6.07, 6.45) is 1.10. The molecule has 0 radical (unpaired) electrons. The van der Waals surface area contributed by atoms with Crippen molar-refractivity contribution in [2.45, 2.75) is 19.9 Å². The second-order valence-corrected chi connectivity index (χ2v) is 5.13. The molecule has 2 nitrogen and oxygen atoms in total. The summed E-state index contributed by atoms with van der Waals surface area (Å²) in [5.41, 5.74) is 4.49. The van der Waals surface area contributed by atoms with E-state index < -0.39 is 0 Å². The number of fused-ring (bicyclic) bond motifs is 1. The number of para-hydroxylation sites is 1. The standard InChI is InChI=1S/C17H19FN2/c1-2-20(17-6-4-3-5-15(17)18)12-13-7-8-14-9-10-19-16(14)11-13/h3-8,11,19H,2,9-10,12H2,1H3. The van der Waals surface area contributed by atoms with Crippen molar-refractivity contribution >= 4 is 11.4 Å². The molecule has 104 valence electrons. The minimum atomic E-state index is -0.159. The summed E-state index contributed by atoms with van der Waals surface area (Å²) in [7, 11) is 0. The lowest BCUT2D eigenvalue weighted by atomic mass is 10.1. The van der Waals surface area contributed by atoms with Crippen LogP contribution >= 0.6 is 0 Å². The molecule has 0 saturated heterocycles. The molecule has 0 spiro atoms. The van der Waals surface area contributed by atoms with Gasteiger partial charge in [0.25, 0.3) is 0 Å². The third-order valence-electron chi connectivity index (χ3n) is 3.83. The molecule has 0 aliphatic carbocycles. The van der Waals surface area contributed by atoms with Crippen LogP contribution in [0.1, 0.15) is 18.1 Å². The molecule has 2 aromatic carbocycles. The lowest BCUT2D eigenvalue weighted by molar-refractivity contribution is 0.618. The number of rotatable bonds is 4. The third-order valence-corrected chi connectivity index (χ3v) is 3.83. The van der Waals surface area contributed by atoms with E-state index in [1.54, 1.807) is 6.07 Å². The third kappa shape index (κ3) is 2.48. The quantitative estimate of drug-likeness (QED) is 0.908. The Morgan fingerprint density at radius 1 is 1.20 bits per heavy atom. The molecule has 0 unspecified atom stereocenters. The summed E-state index contributed by atoms with van der Waals surface area (Å²) in [5.74, 6) is -0.159. The summed E-state index contributed by atoms with van der Waals surface area (Å²) < 4.78 is 13.9. The van der Waals surface area contributed by atoms with Gasteiger partial charge in [-0.3, -0.25) is 0 Å². The summed E-state index contributed by atoms with van der Waals surface area (Å²) in [5, 5.41) is 3.39. The van der Waals surface area contributed by atoms with Gasteiger partial charge in [-0.1, -0.05) is 24.3 Å². The van der Waals surface area contributed by atoms with E-state index in [0.717, 1.165) is 26.1 Å². The molecule has 1 N–H and O–H groups in total. The van der Waals surface area contributed by atoms with Gasteiger partial charge < -0.3 is 10.2 Å². The first-order valence-corrected chi connectivity index (χ1v) is 7.13. The minimum Gasteiger partial charge on any atom is -0.384 e. The van der Waals surface area contributed by atoms with Crippen LogP contribution in [0.2, 0.25) is 0 Å². The molecule has 0 saturated carbocycles. The van der Waals surface area contributed by atoms with Gasteiger partial charge in [-0.25, -0.2) is 4.39 Å². The van der Waals surface area contributed by atoms with Crippen LogP contribution in [-0.4, -0.2) is 13.1 Å². The molecular formula is C17H19FN2. The second kappa shape index (κ2) is 5.53. The highest BCUT2D eigenvalue weighted by atomic mass is 19.1. The number of nitrogens with one attached hydrogen (secondary N) is 1. The fourth-order valence-electron chi connectivity index (χ4n) is 2.73. The van der Waals surface area contributed by atoms with E-state index in [2.05, 4.69) is 35.3 Å². The molecule has 1 heterocycles. The molecule has 0 fully saturated rings. The van der Waals surface area contributed by atoms with Gasteiger partial charge >= 0.3 is 0 Å². The maximum atomic E-state index is 13.9. The second-order valence-electron chi connectivity index (χ2n) is 5.13. The van der Waals surface area contributed by atoms with Crippen molar-refractivity contribution in [1.29, 1.82) is 0 Å². The SMILES string of the molecule is CCN(Cc1ccc2c(c1)NCC2)c1ccccc1F. The highest BCUT2D eigenvalue weighted by Gasteiger charge is 2.13. The first-order valence-electron chi connectivity index (χ1n) is 7.13. The van der Waals surface area contributed by atoms with Crippen LogP contribution < -0.4 is 10.2 Å². The first kappa shape index (κ1) is 13.0. The molecular weight excluding hydrogens is 251 g/mol. The van der Waals surface area contributed by atoms with E-state index in [-0.39, 0.29) is 5.82 Å². The predicted molar refractivity (Wildman–Crippen MR) is 81.8 cm³/mol. The number of hydrogen-bond donors (Lipinski definition) is 1. The molecule has 0 atom stereocenters. The monoisotopic (exact) mass is 270 g/mol. The maximum Gasteiger partial charge on any atom is 0.146 e. The summed E-state index contributed by atoms with van der Waals surface area (Å²) in [6.45, 7) is 4.58. The Labute approximate surface area is 119 Å². The Morgan fingerprint density at radius 3 is 2.85 bits per heavy atom. The van der Waals surface area contributed by atoms with Crippen LogP contribution in [0.3, 0.4) is 0 Å². The first-order chi connectivity index (χ1) is 9.78. The highest BCUT2D eigenvalue weighted by molar-refractivity contribution is 5.58. The van der Waals surface area contributed by atoms with Gasteiger partial charge in [0, 0.05) is 25.3 Å². The molecule has 0 bridgehead atoms. The smallest absolute Gasteiger partial charge is 0.146 e. The number of hydrogen-bond acceptors (Lipinski definition) is 2. The number of nitrogens with zero attached hydrogens (tertiary/aromatic N) is 1. The van der Waals surface area contributed by atoms with Crippen molar-refractivity contribution < 1.29 is 4.39 Å². The largest absolute Gasteiger partial charge is 0.384 e. The van der Waals surface area contributed by atoms with Crippen molar-refractivity contribution in [2.24, 2.45) is 0 Å². The van der Waals surface area contributed by atoms with E-state index >= 15 is 0 Å². The molecule has 1 aliphatic heterocycles. The number of halogens is 1. The lowest BCUT2D eigenvalue weighted by Crippen LogP contribution is -2.23. The van der Waals surface area contributed by atoms with Gasteiger partial charge in [0.05, 0.1) is 5.69 Å². The molecule has 3 heteroatoms. The van der Waals surface area contributed by atoms with Gasteiger partial charge in [0.1, 0.15) is 5.82 Å². The van der Waals surface area contributed by atoms with Crippen LogP contribution in [0.4, 0.5) is 15.8 Å². The van der Waals surface area contributed by atoms with Gasteiger partial charge in [0.2, 0.25) is 0 Å². The van der Waals surface area contributed by atoms with Crippen molar-refractivity contribution in [3.05, 3.63) is 59.4 Å². The van der Waals surface area contributed by atoms with Crippen LogP contribution in [0.25, 0.3) is 0 Å². The number of anilines is 2. The Morgan fingerprint density at radius 2 is 2.05 bits per heavy atom. The van der Waals surface area contributed by atoms with Crippen molar-refractivity contribution in [3.8, 4) is 0 Å². The number of benzene rings is 2. The van der Waals surface area contributed by atoms with Gasteiger partial charge in [-0.05, 0) is 42.7 Å². The summed E-state index contributed by atoms with van der Waals surface area (Å²) in [6, 6.07) is 13.5. The van der Waals surface area contributed by atoms with Crippen molar-refractivity contribution in [2.75, 3.05) is 23.3 Å². The van der Waals surface area contributed by atoms with Gasteiger partial charge in [-0.2, -0.15) is 0 Å². The molecule has 0 aromatic heterocycles. The zero-order valence-electron chi connectivity index (χ0n) is 11.7. The molecule has 0 amide bonds. The summed E-state index contributed by atoms with van der Waals surface area (Å²) in [4.78, 5) is 2.06. The normalized spacial score (nSPS) is 12.9. The Hall–Kier alpha value is -2.03. The zero-order chi connectivity index (χ0) is 13.9. The summed E-state index contributed by atoms with van der Waals surface area (Å²) >= 11 is 0. The van der Waals surface area contributed by atoms with E-state index in [9.17, 15) is 4.39 Å². The lowest BCUT2D eigenvalue weighted by Gasteiger charge is -2.24. The van der Waals surface area contributed by atoms with Crippen LogP contribution in [-0.2, 0) is 13.0 Å². The van der Waals surface area contributed by atoms with Crippen LogP contribution in [0.15, 0.2) is 42.5 Å². The van der Waals surface area contributed by atoms with Crippen molar-refractivity contribution in [3.63, 3.8) is 0 Å². The molecule has 2 aromatic rings. The van der Waals surface area contributed by atoms with Gasteiger partial charge in [0.15, 0.2) is 0 Å². The fraction of sp³-hybridized carbons (Fsp3) is 0.294. The molecule has 1 aliphatic rings. The average molecular weight is 270 g/mol. The van der Waals surface area contributed by atoms with E-state index in [4.69, 9.17) is 0 Å². The maximum absolute atomic E-state index is 13.9. The highest BCUT2D eigenvalue weighted by Crippen LogP contribution is 2.26. The van der Waals surface area contributed by atoms with E-state index in [1.165, 1.54) is 22.9 Å². The molecule has 20 heavy (non-hydrogen) atoms. The van der Waals surface area contributed by atoms with Crippen LogP contribution in [0.5, 0.6) is 0 Å². The molecule has 3 rings (SSSR count).